The second-order valence-electron chi connectivity index (χ2n) is 5.21. The molecule has 1 aromatic carbocycles. The van der Waals surface area contributed by atoms with E-state index in [1.165, 1.54) is 6.07 Å². The van der Waals surface area contributed by atoms with Crippen molar-refractivity contribution in [1.82, 2.24) is 10.2 Å². The maximum absolute atomic E-state index is 14.0. The van der Waals surface area contributed by atoms with Crippen molar-refractivity contribution >= 4 is 5.91 Å². The largest absolute Gasteiger partial charge is 0.353 e. The lowest BCUT2D eigenvalue weighted by molar-refractivity contribution is -0.122. The molecule has 3 N–H and O–H groups in total. The van der Waals surface area contributed by atoms with E-state index in [0.29, 0.717) is 17.7 Å². The summed E-state index contributed by atoms with van der Waals surface area (Å²) in [6.07, 6.45) is 0. The van der Waals surface area contributed by atoms with Gasteiger partial charge in [-0.1, -0.05) is 17.9 Å². The fourth-order valence-corrected chi connectivity index (χ4v) is 1.87. The molecular formula is C16H22FN3O. The fraction of sp³-hybridized carbons (Fsp3) is 0.438. The Morgan fingerprint density at radius 3 is 2.76 bits per heavy atom. The van der Waals surface area contributed by atoms with Crippen molar-refractivity contribution in [3.8, 4) is 11.8 Å². The van der Waals surface area contributed by atoms with E-state index in [1.54, 1.807) is 24.1 Å². The summed E-state index contributed by atoms with van der Waals surface area (Å²) in [4.78, 5) is 13.4. The van der Waals surface area contributed by atoms with E-state index in [-0.39, 0.29) is 30.9 Å². The Balaban J connectivity index is 2.64. The van der Waals surface area contributed by atoms with Crippen LogP contribution in [0.3, 0.4) is 0 Å². The van der Waals surface area contributed by atoms with Crippen molar-refractivity contribution in [2.45, 2.75) is 26.4 Å². The number of nitrogens with one attached hydrogen (secondary N) is 1. The van der Waals surface area contributed by atoms with Crippen molar-refractivity contribution in [2.75, 3.05) is 20.1 Å². The van der Waals surface area contributed by atoms with Gasteiger partial charge in [0.25, 0.3) is 0 Å². The zero-order chi connectivity index (χ0) is 15.8. The Morgan fingerprint density at radius 1 is 1.48 bits per heavy atom. The molecule has 0 unspecified atom stereocenters. The summed E-state index contributed by atoms with van der Waals surface area (Å²) < 4.78 is 14.0. The number of halogens is 1. The van der Waals surface area contributed by atoms with Gasteiger partial charge in [0, 0.05) is 23.7 Å². The Morgan fingerprint density at radius 2 is 2.19 bits per heavy atom. The zero-order valence-electron chi connectivity index (χ0n) is 12.7. The molecule has 0 heterocycles. The normalized spacial score (nSPS) is 10.4. The van der Waals surface area contributed by atoms with Crippen molar-refractivity contribution in [3.05, 3.63) is 35.1 Å². The summed E-state index contributed by atoms with van der Waals surface area (Å²) in [5.41, 5.74) is 6.41. The third-order valence-electron chi connectivity index (χ3n) is 2.69. The number of hydrogen-bond acceptors (Lipinski definition) is 3. The van der Waals surface area contributed by atoms with Crippen LogP contribution in [0.4, 0.5) is 4.39 Å². The van der Waals surface area contributed by atoms with E-state index in [2.05, 4.69) is 17.2 Å². The van der Waals surface area contributed by atoms with Gasteiger partial charge in [0.15, 0.2) is 0 Å². The molecule has 0 aromatic heterocycles. The third-order valence-corrected chi connectivity index (χ3v) is 2.69. The molecule has 1 aromatic rings. The Bertz CT molecular complexity index is 546. The van der Waals surface area contributed by atoms with Crippen LogP contribution in [0.5, 0.6) is 0 Å². The zero-order valence-corrected chi connectivity index (χ0v) is 12.7. The molecule has 0 saturated heterocycles. The highest BCUT2D eigenvalue weighted by molar-refractivity contribution is 5.78. The Kier molecular flexibility index (Phi) is 6.86. The number of likely N-dealkylation sites (N-methyl/N-ethyl adjacent to an activating group) is 1. The van der Waals surface area contributed by atoms with Crippen LogP contribution in [0.15, 0.2) is 18.2 Å². The molecule has 0 spiro atoms. The van der Waals surface area contributed by atoms with Crippen LogP contribution < -0.4 is 11.1 Å². The van der Waals surface area contributed by atoms with Gasteiger partial charge in [-0.05, 0) is 33.0 Å². The topological polar surface area (TPSA) is 58.4 Å². The quantitative estimate of drug-likeness (QED) is 0.799. The van der Waals surface area contributed by atoms with Gasteiger partial charge in [0.1, 0.15) is 5.82 Å². The van der Waals surface area contributed by atoms with E-state index < -0.39 is 0 Å². The molecule has 5 heteroatoms. The number of nitrogens with zero attached hydrogens (tertiary/aromatic N) is 1. The third kappa shape index (κ3) is 6.39. The first-order valence-corrected chi connectivity index (χ1v) is 6.87. The first-order valence-electron chi connectivity index (χ1n) is 6.87. The summed E-state index contributed by atoms with van der Waals surface area (Å²) in [5.74, 6) is 5.08. The first-order chi connectivity index (χ1) is 9.92. The second-order valence-corrected chi connectivity index (χ2v) is 5.21. The number of benzene rings is 1. The number of carbonyl (C=O) groups excluding carboxylic acids is 1. The van der Waals surface area contributed by atoms with Gasteiger partial charge in [0.2, 0.25) is 5.91 Å². The average Bonchev–Trinajstić information content (AvgIpc) is 2.38. The molecule has 114 valence electrons. The number of amides is 1. The minimum absolute atomic E-state index is 0.0710. The smallest absolute Gasteiger partial charge is 0.234 e. The Labute approximate surface area is 125 Å². The van der Waals surface area contributed by atoms with Crippen LogP contribution in [0.2, 0.25) is 0 Å². The molecule has 1 rings (SSSR count). The first kappa shape index (κ1) is 17.2. The van der Waals surface area contributed by atoms with Crippen LogP contribution in [0.1, 0.15) is 25.0 Å². The summed E-state index contributed by atoms with van der Waals surface area (Å²) in [5, 5.41) is 2.80. The molecule has 21 heavy (non-hydrogen) atoms. The van der Waals surface area contributed by atoms with Gasteiger partial charge < -0.3 is 11.1 Å². The molecule has 0 radical (unpaired) electrons. The Hall–Kier alpha value is -1.90. The van der Waals surface area contributed by atoms with Gasteiger partial charge in [-0.15, -0.1) is 0 Å². The van der Waals surface area contributed by atoms with Crippen molar-refractivity contribution in [3.63, 3.8) is 0 Å². The van der Waals surface area contributed by atoms with Crippen LogP contribution in [-0.4, -0.2) is 37.0 Å². The maximum Gasteiger partial charge on any atom is 0.234 e. The highest BCUT2D eigenvalue weighted by atomic mass is 19.1. The van der Waals surface area contributed by atoms with Crippen LogP contribution in [-0.2, 0) is 11.3 Å². The minimum Gasteiger partial charge on any atom is -0.353 e. The fourth-order valence-electron chi connectivity index (χ4n) is 1.87. The molecule has 0 bridgehead atoms. The molecule has 0 fully saturated rings. The molecule has 0 aliphatic rings. The average molecular weight is 291 g/mol. The predicted molar refractivity (Wildman–Crippen MR) is 81.9 cm³/mol. The predicted octanol–water partition coefficient (Wildman–Crippen LogP) is 1.09. The van der Waals surface area contributed by atoms with Crippen molar-refractivity contribution in [1.29, 1.82) is 0 Å². The van der Waals surface area contributed by atoms with E-state index in [4.69, 9.17) is 5.73 Å². The van der Waals surface area contributed by atoms with Crippen LogP contribution in [0.25, 0.3) is 0 Å². The highest BCUT2D eigenvalue weighted by Gasteiger charge is 2.10. The number of hydrogen-bond donors (Lipinski definition) is 2. The number of nitrogens with two attached hydrogens (primary N) is 1. The minimum atomic E-state index is -0.324. The number of rotatable bonds is 5. The van der Waals surface area contributed by atoms with Crippen LogP contribution in [0, 0.1) is 17.7 Å². The number of carbonyl (C=O) groups is 1. The van der Waals surface area contributed by atoms with Crippen molar-refractivity contribution < 1.29 is 9.18 Å². The van der Waals surface area contributed by atoms with E-state index in [1.807, 2.05) is 13.8 Å². The monoisotopic (exact) mass is 291 g/mol. The summed E-state index contributed by atoms with van der Waals surface area (Å²) in [6, 6.07) is 4.93. The molecular weight excluding hydrogens is 269 g/mol. The van der Waals surface area contributed by atoms with E-state index >= 15 is 0 Å². The SMILES string of the molecule is CC(C)NC(=O)CN(C)Cc1ccc(C#CCN)cc1F. The summed E-state index contributed by atoms with van der Waals surface area (Å²) in [7, 11) is 1.78. The lowest BCUT2D eigenvalue weighted by Crippen LogP contribution is -2.38. The van der Waals surface area contributed by atoms with Gasteiger partial charge in [-0.2, -0.15) is 0 Å². The van der Waals surface area contributed by atoms with Crippen LogP contribution >= 0.6 is 0 Å². The molecule has 4 nitrogen and oxygen atoms in total. The molecule has 0 saturated carbocycles. The molecule has 0 aliphatic carbocycles. The summed E-state index contributed by atoms with van der Waals surface area (Å²) in [6.45, 7) is 4.64. The van der Waals surface area contributed by atoms with Crippen molar-refractivity contribution in [2.24, 2.45) is 5.73 Å². The van der Waals surface area contributed by atoms with Gasteiger partial charge in [0.05, 0.1) is 13.1 Å². The second kappa shape index (κ2) is 8.40. The maximum atomic E-state index is 14.0. The van der Waals surface area contributed by atoms with Gasteiger partial charge in [-0.25, -0.2) is 4.39 Å². The van der Waals surface area contributed by atoms with E-state index in [9.17, 15) is 9.18 Å². The van der Waals surface area contributed by atoms with Gasteiger partial charge >= 0.3 is 0 Å². The van der Waals surface area contributed by atoms with Gasteiger partial charge in [-0.3, -0.25) is 9.69 Å². The summed E-state index contributed by atoms with van der Waals surface area (Å²) >= 11 is 0. The van der Waals surface area contributed by atoms with E-state index in [0.717, 1.165) is 0 Å². The lowest BCUT2D eigenvalue weighted by atomic mass is 10.1. The highest BCUT2D eigenvalue weighted by Crippen LogP contribution is 2.11. The molecule has 0 atom stereocenters. The molecule has 1 amide bonds. The lowest BCUT2D eigenvalue weighted by Gasteiger charge is -2.18. The standard InChI is InChI=1S/C16H22FN3O/c1-12(2)19-16(21)11-20(3)10-14-7-6-13(5-4-8-18)9-15(14)17/h6-7,9,12H,8,10-11,18H2,1-3H3,(H,19,21). The molecule has 0 aliphatic heterocycles.